The molecule has 0 atom stereocenters. The highest BCUT2D eigenvalue weighted by Crippen LogP contribution is 2.17. The summed E-state index contributed by atoms with van der Waals surface area (Å²) in [7, 11) is 1.68. The van der Waals surface area contributed by atoms with Gasteiger partial charge < -0.3 is 4.74 Å². The second kappa shape index (κ2) is 8.31. The molecule has 0 aliphatic rings. The lowest BCUT2D eigenvalue weighted by Gasteiger charge is -2.05. The molecule has 0 saturated carbocycles. The zero-order valence-electron chi connectivity index (χ0n) is 13.0. The third-order valence-corrected chi connectivity index (χ3v) is 2.88. The fraction of sp³-hybridized carbons (Fsp3) is 0.412. The number of nitrogens with zero attached hydrogens (tertiary/aromatic N) is 2. The van der Waals surface area contributed by atoms with Crippen LogP contribution in [0, 0.1) is 0 Å². The predicted octanol–water partition coefficient (Wildman–Crippen LogP) is 4.42. The molecule has 0 saturated heterocycles. The van der Waals surface area contributed by atoms with Crippen LogP contribution in [0.15, 0.2) is 42.7 Å². The molecule has 0 bridgehead atoms. The van der Waals surface area contributed by atoms with E-state index in [4.69, 9.17) is 4.74 Å². The summed E-state index contributed by atoms with van der Waals surface area (Å²) >= 11 is 0. The van der Waals surface area contributed by atoms with E-state index in [1.165, 1.54) is 5.56 Å². The van der Waals surface area contributed by atoms with Crippen LogP contribution in [0.25, 0.3) is 0 Å². The van der Waals surface area contributed by atoms with Crippen molar-refractivity contribution in [1.29, 1.82) is 0 Å². The molecule has 3 heteroatoms. The molecule has 0 aliphatic heterocycles. The lowest BCUT2D eigenvalue weighted by atomic mass is 10.0. The quantitative estimate of drug-likeness (QED) is 0.829. The van der Waals surface area contributed by atoms with E-state index < -0.39 is 0 Å². The van der Waals surface area contributed by atoms with Crippen molar-refractivity contribution in [3.05, 3.63) is 54.1 Å². The maximum absolute atomic E-state index is 5.05. The van der Waals surface area contributed by atoms with E-state index in [9.17, 15) is 0 Å². The van der Waals surface area contributed by atoms with Crippen molar-refractivity contribution in [2.75, 3.05) is 7.11 Å². The van der Waals surface area contributed by atoms with E-state index in [2.05, 4.69) is 49.8 Å². The lowest BCUT2D eigenvalue weighted by molar-refractivity contribution is 0.414. The molecule has 0 spiro atoms. The monoisotopic (exact) mass is 272 g/mol. The Bertz CT molecular complexity index is 478. The molecule has 20 heavy (non-hydrogen) atoms. The smallest absolute Gasteiger partial charge is 0.130 e. The summed E-state index contributed by atoms with van der Waals surface area (Å²) < 4.78 is 5.05. The Labute approximate surface area is 122 Å². The Kier molecular flexibility index (Phi) is 6.71. The Morgan fingerprint density at radius 1 is 0.850 bits per heavy atom. The van der Waals surface area contributed by atoms with Gasteiger partial charge in [-0.15, -0.1) is 0 Å². The minimum atomic E-state index is 0.436. The average molecular weight is 272 g/mol. The minimum Gasteiger partial charge on any atom is -0.497 e. The van der Waals surface area contributed by atoms with Crippen LogP contribution in [0.4, 0.5) is 0 Å². The van der Waals surface area contributed by atoms with Gasteiger partial charge in [0, 0.05) is 18.3 Å². The van der Waals surface area contributed by atoms with E-state index in [0.29, 0.717) is 11.8 Å². The van der Waals surface area contributed by atoms with Gasteiger partial charge in [-0.05, 0) is 29.7 Å². The number of methoxy groups -OCH3 is 1. The Balaban J connectivity index is 0.000000204. The minimum absolute atomic E-state index is 0.436. The van der Waals surface area contributed by atoms with Gasteiger partial charge in [0.1, 0.15) is 11.6 Å². The van der Waals surface area contributed by atoms with E-state index in [1.807, 2.05) is 18.2 Å². The predicted molar refractivity (Wildman–Crippen MR) is 83.2 cm³/mol. The van der Waals surface area contributed by atoms with Crippen molar-refractivity contribution < 1.29 is 4.74 Å². The molecule has 108 valence electrons. The molecule has 1 aromatic heterocycles. The van der Waals surface area contributed by atoms with Crippen LogP contribution in [0.5, 0.6) is 5.75 Å². The SMILES string of the molecule is CC(C)c1ncccn1.COc1ccc(C(C)C)cc1. The maximum atomic E-state index is 5.05. The van der Waals surface area contributed by atoms with Gasteiger partial charge in [0.05, 0.1) is 7.11 Å². The van der Waals surface area contributed by atoms with Crippen LogP contribution in [0.3, 0.4) is 0 Å². The second-order valence-corrected chi connectivity index (χ2v) is 5.19. The number of hydrogen-bond donors (Lipinski definition) is 0. The number of ether oxygens (including phenoxy) is 1. The van der Waals surface area contributed by atoms with E-state index >= 15 is 0 Å². The Morgan fingerprint density at radius 3 is 1.75 bits per heavy atom. The van der Waals surface area contributed by atoms with Crippen LogP contribution in [-0.2, 0) is 0 Å². The van der Waals surface area contributed by atoms with E-state index in [1.54, 1.807) is 19.5 Å². The first-order valence-corrected chi connectivity index (χ1v) is 6.95. The van der Waals surface area contributed by atoms with Gasteiger partial charge in [-0.3, -0.25) is 0 Å². The molecule has 2 aromatic rings. The summed E-state index contributed by atoms with van der Waals surface area (Å²) in [5.41, 5.74) is 1.35. The highest BCUT2D eigenvalue weighted by Gasteiger charge is 1.98. The van der Waals surface area contributed by atoms with Crippen LogP contribution in [0.1, 0.15) is 50.9 Å². The van der Waals surface area contributed by atoms with Gasteiger partial charge in [-0.25, -0.2) is 9.97 Å². The normalized spacial score (nSPS) is 10.2. The number of rotatable bonds is 3. The summed E-state index contributed by atoms with van der Waals surface area (Å²) in [5.74, 6) is 2.87. The lowest BCUT2D eigenvalue weighted by Crippen LogP contribution is -1.93. The first-order chi connectivity index (χ1) is 9.54. The summed E-state index contributed by atoms with van der Waals surface area (Å²) in [6, 6.07) is 10.0. The highest BCUT2D eigenvalue weighted by atomic mass is 16.5. The first kappa shape index (κ1) is 16.2. The molecular formula is C17H24N2O. The van der Waals surface area contributed by atoms with Crippen LogP contribution >= 0.6 is 0 Å². The zero-order chi connectivity index (χ0) is 15.0. The van der Waals surface area contributed by atoms with Crippen molar-refractivity contribution in [2.24, 2.45) is 0 Å². The molecule has 0 amide bonds. The molecule has 1 aromatic carbocycles. The number of aromatic nitrogens is 2. The molecule has 0 radical (unpaired) electrons. The van der Waals surface area contributed by atoms with Crippen molar-refractivity contribution in [3.63, 3.8) is 0 Å². The fourth-order valence-electron chi connectivity index (χ4n) is 1.60. The van der Waals surface area contributed by atoms with Gasteiger partial charge in [-0.1, -0.05) is 39.8 Å². The van der Waals surface area contributed by atoms with E-state index in [-0.39, 0.29) is 0 Å². The third-order valence-electron chi connectivity index (χ3n) is 2.88. The maximum Gasteiger partial charge on any atom is 0.130 e. The fourth-order valence-corrected chi connectivity index (χ4v) is 1.60. The van der Waals surface area contributed by atoms with Gasteiger partial charge in [0.15, 0.2) is 0 Å². The number of hydrogen-bond acceptors (Lipinski definition) is 3. The molecule has 0 N–H and O–H groups in total. The molecule has 0 fully saturated rings. The third kappa shape index (κ3) is 5.39. The second-order valence-electron chi connectivity index (χ2n) is 5.19. The molecule has 0 aliphatic carbocycles. The van der Waals surface area contributed by atoms with Gasteiger partial charge in [0.25, 0.3) is 0 Å². The first-order valence-electron chi connectivity index (χ1n) is 6.95. The van der Waals surface area contributed by atoms with Crippen molar-refractivity contribution in [2.45, 2.75) is 39.5 Å². The van der Waals surface area contributed by atoms with Crippen LogP contribution in [-0.4, -0.2) is 17.1 Å². The Hall–Kier alpha value is -1.90. The summed E-state index contributed by atoms with van der Waals surface area (Å²) in [5, 5.41) is 0. The van der Waals surface area contributed by atoms with Crippen LogP contribution in [0.2, 0.25) is 0 Å². The van der Waals surface area contributed by atoms with E-state index in [0.717, 1.165) is 11.6 Å². The highest BCUT2D eigenvalue weighted by molar-refractivity contribution is 5.28. The van der Waals surface area contributed by atoms with Crippen LogP contribution < -0.4 is 4.74 Å². The van der Waals surface area contributed by atoms with Crippen molar-refractivity contribution in [3.8, 4) is 5.75 Å². The summed E-state index contributed by atoms with van der Waals surface area (Å²) in [6.45, 7) is 8.52. The van der Waals surface area contributed by atoms with Crippen molar-refractivity contribution >= 4 is 0 Å². The molecule has 3 nitrogen and oxygen atoms in total. The zero-order valence-corrected chi connectivity index (χ0v) is 13.0. The largest absolute Gasteiger partial charge is 0.497 e. The topological polar surface area (TPSA) is 35.0 Å². The number of benzene rings is 1. The van der Waals surface area contributed by atoms with Crippen molar-refractivity contribution in [1.82, 2.24) is 9.97 Å². The van der Waals surface area contributed by atoms with Gasteiger partial charge in [0.2, 0.25) is 0 Å². The Morgan fingerprint density at radius 2 is 1.40 bits per heavy atom. The van der Waals surface area contributed by atoms with Gasteiger partial charge >= 0.3 is 0 Å². The molecule has 1 heterocycles. The standard InChI is InChI=1S/C10H14O.C7H10N2/c1-8(2)9-4-6-10(11-3)7-5-9;1-6(2)7-8-4-3-5-9-7/h4-8H,1-3H3;3-6H,1-2H3. The molecule has 2 rings (SSSR count). The average Bonchev–Trinajstić information content (AvgIpc) is 2.49. The molecular weight excluding hydrogens is 248 g/mol. The summed E-state index contributed by atoms with van der Waals surface area (Å²) in [6.07, 6.45) is 3.53. The molecule has 0 unspecified atom stereocenters. The van der Waals surface area contributed by atoms with Gasteiger partial charge in [-0.2, -0.15) is 0 Å². The summed E-state index contributed by atoms with van der Waals surface area (Å²) in [4.78, 5) is 8.13.